The van der Waals surface area contributed by atoms with Crippen molar-refractivity contribution in [2.45, 2.75) is 25.7 Å². The highest BCUT2D eigenvalue weighted by atomic mass is 16.5. The number of ketones is 1. The van der Waals surface area contributed by atoms with Gasteiger partial charge in [0.25, 0.3) is 0 Å². The van der Waals surface area contributed by atoms with Crippen LogP contribution in [0.1, 0.15) is 39.9 Å². The molecule has 0 aliphatic heterocycles. The van der Waals surface area contributed by atoms with Gasteiger partial charge < -0.3 is 9.47 Å². The van der Waals surface area contributed by atoms with Gasteiger partial charge in [-0.15, -0.1) is 0 Å². The van der Waals surface area contributed by atoms with Crippen LogP contribution in [0.25, 0.3) is 0 Å². The van der Waals surface area contributed by atoms with Gasteiger partial charge in [-0.25, -0.2) is 0 Å². The number of ether oxygens (including phenoxy) is 2. The molecule has 0 radical (unpaired) electrons. The molecule has 114 valence electrons. The van der Waals surface area contributed by atoms with Gasteiger partial charge >= 0.3 is 0 Å². The summed E-state index contributed by atoms with van der Waals surface area (Å²) >= 11 is 0. The molecule has 2 aromatic rings. The second-order valence-electron chi connectivity index (χ2n) is 5.62. The molecule has 22 heavy (non-hydrogen) atoms. The SMILES string of the molecule is COc1cc(OC)cc(C(=O)c2ccc3c(c2)CCCC3)c1. The van der Waals surface area contributed by atoms with Gasteiger partial charge in [-0.05, 0) is 55.0 Å². The number of carbonyl (C=O) groups is 1. The zero-order chi connectivity index (χ0) is 15.5. The van der Waals surface area contributed by atoms with Gasteiger partial charge in [0.1, 0.15) is 11.5 Å². The lowest BCUT2D eigenvalue weighted by Gasteiger charge is -2.16. The Morgan fingerprint density at radius 3 is 2.09 bits per heavy atom. The summed E-state index contributed by atoms with van der Waals surface area (Å²) in [6.07, 6.45) is 4.64. The molecule has 0 saturated carbocycles. The van der Waals surface area contributed by atoms with E-state index in [4.69, 9.17) is 9.47 Å². The average molecular weight is 296 g/mol. The van der Waals surface area contributed by atoms with E-state index in [-0.39, 0.29) is 5.78 Å². The molecule has 0 bridgehead atoms. The van der Waals surface area contributed by atoms with Crippen molar-refractivity contribution in [3.05, 3.63) is 58.7 Å². The first kappa shape index (κ1) is 14.6. The van der Waals surface area contributed by atoms with Crippen LogP contribution in [0, 0.1) is 0 Å². The molecule has 3 nitrogen and oxygen atoms in total. The van der Waals surface area contributed by atoms with E-state index in [1.807, 2.05) is 12.1 Å². The fourth-order valence-electron chi connectivity index (χ4n) is 2.98. The van der Waals surface area contributed by atoms with Gasteiger partial charge in [0.05, 0.1) is 14.2 Å². The first-order valence-electron chi connectivity index (χ1n) is 7.61. The number of hydrogen-bond acceptors (Lipinski definition) is 3. The summed E-state index contributed by atoms with van der Waals surface area (Å²) in [5.41, 5.74) is 4.01. The molecule has 3 rings (SSSR count). The number of hydrogen-bond donors (Lipinski definition) is 0. The Balaban J connectivity index is 1.96. The van der Waals surface area contributed by atoms with E-state index in [1.165, 1.54) is 24.0 Å². The van der Waals surface area contributed by atoms with Crippen molar-refractivity contribution in [1.29, 1.82) is 0 Å². The van der Waals surface area contributed by atoms with Crippen LogP contribution in [-0.2, 0) is 12.8 Å². The molecular formula is C19H20O3. The zero-order valence-corrected chi connectivity index (χ0v) is 13.0. The second kappa shape index (κ2) is 6.22. The summed E-state index contributed by atoms with van der Waals surface area (Å²) in [6.45, 7) is 0. The maximum Gasteiger partial charge on any atom is 0.193 e. The van der Waals surface area contributed by atoms with E-state index >= 15 is 0 Å². The normalized spacial score (nSPS) is 13.4. The molecule has 1 aliphatic carbocycles. The fourth-order valence-corrected chi connectivity index (χ4v) is 2.98. The Labute approximate surface area is 130 Å². The number of fused-ring (bicyclic) bond motifs is 1. The molecule has 0 amide bonds. The molecule has 0 fully saturated rings. The van der Waals surface area contributed by atoms with E-state index in [9.17, 15) is 4.79 Å². The standard InChI is InChI=1S/C19H20O3/c1-21-17-10-16(11-18(12-17)22-2)19(20)15-8-7-13-5-3-4-6-14(13)9-15/h7-12H,3-6H2,1-2H3. The monoisotopic (exact) mass is 296 g/mol. The molecular weight excluding hydrogens is 276 g/mol. The predicted octanol–water partition coefficient (Wildman–Crippen LogP) is 3.81. The molecule has 1 aliphatic rings. The van der Waals surface area contributed by atoms with Gasteiger partial charge in [-0.2, -0.15) is 0 Å². The van der Waals surface area contributed by atoms with Crippen LogP contribution in [0.2, 0.25) is 0 Å². The van der Waals surface area contributed by atoms with Crippen LogP contribution in [0.15, 0.2) is 36.4 Å². The number of benzene rings is 2. The van der Waals surface area contributed by atoms with E-state index in [2.05, 4.69) is 6.07 Å². The van der Waals surface area contributed by atoms with Crippen molar-refractivity contribution >= 4 is 5.78 Å². The van der Waals surface area contributed by atoms with Crippen molar-refractivity contribution in [1.82, 2.24) is 0 Å². The Morgan fingerprint density at radius 2 is 1.45 bits per heavy atom. The highest BCUT2D eigenvalue weighted by Gasteiger charge is 2.15. The summed E-state index contributed by atoms with van der Waals surface area (Å²) < 4.78 is 10.5. The summed E-state index contributed by atoms with van der Waals surface area (Å²) in [7, 11) is 3.17. The van der Waals surface area contributed by atoms with Gasteiger partial charge in [-0.1, -0.05) is 12.1 Å². The molecule has 2 aromatic carbocycles. The first-order valence-corrected chi connectivity index (χ1v) is 7.61. The smallest absolute Gasteiger partial charge is 0.193 e. The molecule has 0 unspecified atom stereocenters. The van der Waals surface area contributed by atoms with Crippen molar-refractivity contribution in [3.63, 3.8) is 0 Å². The minimum atomic E-state index is 0.00516. The third-order valence-corrected chi connectivity index (χ3v) is 4.22. The lowest BCUT2D eigenvalue weighted by molar-refractivity contribution is 0.103. The molecule has 0 N–H and O–H groups in total. The second-order valence-corrected chi connectivity index (χ2v) is 5.62. The van der Waals surface area contributed by atoms with Crippen LogP contribution in [0.4, 0.5) is 0 Å². The van der Waals surface area contributed by atoms with Crippen LogP contribution in [0.3, 0.4) is 0 Å². The van der Waals surface area contributed by atoms with E-state index in [0.717, 1.165) is 18.4 Å². The first-order chi connectivity index (χ1) is 10.7. The quantitative estimate of drug-likeness (QED) is 0.805. The van der Waals surface area contributed by atoms with Gasteiger partial charge in [0.2, 0.25) is 0 Å². The lowest BCUT2D eigenvalue weighted by atomic mass is 9.89. The minimum Gasteiger partial charge on any atom is -0.497 e. The van der Waals surface area contributed by atoms with E-state index < -0.39 is 0 Å². The van der Waals surface area contributed by atoms with Gasteiger partial charge in [0, 0.05) is 17.2 Å². The predicted molar refractivity (Wildman–Crippen MR) is 86.1 cm³/mol. The third-order valence-electron chi connectivity index (χ3n) is 4.22. The highest BCUT2D eigenvalue weighted by Crippen LogP contribution is 2.26. The summed E-state index contributed by atoms with van der Waals surface area (Å²) in [5, 5.41) is 0. The highest BCUT2D eigenvalue weighted by molar-refractivity contribution is 6.09. The van der Waals surface area contributed by atoms with Gasteiger partial charge in [-0.3, -0.25) is 4.79 Å². The minimum absolute atomic E-state index is 0.00516. The third kappa shape index (κ3) is 2.84. The molecule has 0 heterocycles. The fraction of sp³-hybridized carbons (Fsp3) is 0.316. The Hall–Kier alpha value is -2.29. The van der Waals surface area contributed by atoms with E-state index in [0.29, 0.717) is 17.1 Å². The number of rotatable bonds is 4. The average Bonchev–Trinajstić information content (AvgIpc) is 2.60. The van der Waals surface area contributed by atoms with Crippen molar-refractivity contribution < 1.29 is 14.3 Å². The van der Waals surface area contributed by atoms with Crippen LogP contribution >= 0.6 is 0 Å². The van der Waals surface area contributed by atoms with Crippen molar-refractivity contribution in [3.8, 4) is 11.5 Å². The number of carbonyl (C=O) groups excluding carboxylic acids is 1. The largest absolute Gasteiger partial charge is 0.497 e. The Morgan fingerprint density at radius 1 is 0.818 bits per heavy atom. The maximum atomic E-state index is 12.8. The Kier molecular flexibility index (Phi) is 4.14. The molecule has 0 aromatic heterocycles. The molecule has 0 saturated heterocycles. The Bertz CT molecular complexity index is 682. The summed E-state index contributed by atoms with van der Waals surface area (Å²) in [6, 6.07) is 11.3. The maximum absolute atomic E-state index is 12.8. The van der Waals surface area contributed by atoms with Crippen LogP contribution in [-0.4, -0.2) is 20.0 Å². The number of aryl methyl sites for hydroxylation is 2. The lowest BCUT2D eigenvalue weighted by Crippen LogP contribution is -2.07. The van der Waals surface area contributed by atoms with E-state index in [1.54, 1.807) is 32.4 Å². The van der Waals surface area contributed by atoms with Crippen LogP contribution in [0.5, 0.6) is 11.5 Å². The molecule has 0 spiro atoms. The molecule has 3 heteroatoms. The van der Waals surface area contributed by atoms with Crippen molar-refractivity contribution in [2.24, 2.45) is 0 Å². The summed E-state index contributed by atoms with van der Waals surface area (Å²) in [5.74, 6) is 1.26. The molecule has 0 atom stereocenters. The van der Waals surface area contributed by atoms with Gasteiger partial charge in [0.15, 0.2) is 5.78 Å². The zero-order valence-electron chi connectivity index (χ0n) is 13.0. The van der Waals surface area contributed by atoms with Crippen molar-refractivity contribution in [2.75, 3.05) is 14.2 Å². The topological polar surface area (TPSA) is 35.5 Å². The number of methoxy groups -OCH3 is 2. The van der Waals surface area contributed by atoms with Crippen LogP contribution < -0.4 is 9.47 Å². The summed E-state index contributed by atoms with van der Waals surface area (Å²) in [4.78, 5) is 12.8.